The molecule has 39 heavy (non-hydrogen) atoms. The van der Waals surface area contributed by atoms with Crippen LogP contribution in [0.5, 0.6) is 0 Å². The quantitative estimate of drug-likeness (QED) is 0.277. The maximum absolute atomic E-state index is 13.4. The van der Waals surface area contributed by atoms with Crippen molar-refractivity contribution in [2.75, 3.05) is 11.5 Å². The number of aryl methyl sites for hydroxylation is 1. The molecule has 7 nitrogen and oxygen atoms in total. The van der Waals surface area contributed by atoms with E-state index in [9.17, 15) is 14.4 Å². The van der Waals surface area contributed by atoms with Crippen molar-refractivity contribution in [3.8, 4) is 11.1 Å². The molecule has 4 aromatic carbocycles. The number of primary amides is 1. The molecule has 3 N–H and O–H groups in total. The summed E-state index contributed by atoms with van der Waals surface area (Å²) in [6, 6.07) is 20.8. The molecule has 1 aromatic heterocycles. The number of carbonyl (C=O) groups excluding carboxylic acids is 3. The van der Waals surface area contributed by atoms with Gasteiger partial charge in [-0.2, -0.15) is 0 Å². The van der Waals surface area contributed by atoms with Crippen molar-refractivity contribution < 1.29 is 19.1 Å². The summed E-state index contributed by atoms with van der Waals surface area (Å²) in [5, 5.41) is 1.67. The lowest BCUT2D eigenvalue weighted by atomic mass is 9.93. The summed E-state index contributed by atoms with van der Waals surface area (Å²) < 4.78 is 5.16. The number of fused-ring (bicyclic) bond motifs is 4. The van der Waals surface area contributed by atoms with Crippen molar-refractivity contribution in [2.24, 2.45) is 5.73 Å². The zero-order valence-electron chi connectivity index (χ0n) is 21.9. The highest BCUT2D eigenvalue weighted by atomic mass is 16.5. The van der Waals surface area contributed by atoms with Crippen molar-refractivity contribution in [2.45, 2.75) is 27.3 Å². The minimum absolute atomic E-state index is 0.0123. The van der Waals surface area contributed by atoms with Crippen molar-refractivity contribution in [1.82, 2.24) is 4.98 Å². The van der Waals surface area contributed by atoms with Gasteiger partial charge < -0.3 is 20.4 Å². The van der Waals surface area contributed by atoms with E-state index in [-0.39, 0.29) is 12.5 Å². The normalized spacial score (nSPS) is 12.8. The fourth-order valence-electron chi connectivity index (χ4n) is 5.60. The molecule has 194 valence electrons. The van der Waals surface area contributed by atoms with E-state index in [1.165, 1.54) is 0 Å². The smallest absolute Gasteiger partial charge is 0.338 e. The third-order valence-electron chi connectivity index (χ3n) is 7.49. The van der Waals surface area contributed by atoms with Gasteiger partial charge in [0.25, 0.3) is 11.8 Å². The van der Waals surface area contributed by atoms with Crippen LogP contribution in [0.3, 0.4) is 0 Å². The van der Waals surface area contributed by atoms with E-state index in [2.05, 4.69) is 4.98 Å². The minimum Gasteiger partial charge on any atom is -0.462 e. The summed E-state index contributed by atoms with van der Waals surface area (Å²) in [7, 11) is 0. The first-order chi connectivity index (χ1) is 18.8. The van der Waals surface area contributed by atoms with Crippen LogP contribution in [0.25, 0.3) is 32.9 Å². The molecule has 0 radical (unpaired) electrons. The molecule has 1 aliphatic rings. The van der Waals surface area contributed by atoms with Gasteiger partial charge in [0.1, 0.15) is 0 Å². The standard InChI is InChI=1S/C32H27N3O4/c1-4-39-32(38)19-10-11-23-26(15-19)34-29-24(30(33)36)13-12-22(28(23)29)21-6-5-7-27(18(21)3)35-16-20-9-8-17(2)14-25(20)31(35)37/h5-15,34H,4,16H2,1-3H3,(H2,33,36). The Bertz CT molecular complexity index is 1850. The Morgan fingerprint density at radius 2 is 1.79 bits per heavy atom. The second kappa shape index (κ2) is 9.13. The summed E-state index contributed by atoms with van der Waals surface area (Å²) in [4.78, 5) is 43.2. The third kappa shape index (κ3) is 3.85. The molecular formula is C32H27N3O4. The molecule has 0 unspecified atom stereocenters. The van der Waals surface area contributed by atoms with Crippen LogP contribution in [0.4, 0.5) is 5.69 Å². The number of rotatable bonds is 5. The van der Waals surface area contributed by atoms with Crippen molar-refractivity contribution in [3.63, 3.8) is 0 Å². The Morgan fingerprint density at radius 1 is 0.974 bits per heavy atom. The monoisotopic (exact) mass is 517 g/mol. The summed E-state index contributed by atoms with van der Waals surface area (Å²) in [5.41, 5.74) is 14.2. The lowest BCUT2D eigenvalue weighted by Crippen LogP contribution is -2.24. The number of benzene rings is 4. The van der Waals surface area contributed by atoms with Gasteiger partial charge in [0.15, 0.2) is 0 Å². The first-order valence-corrected chi connectivity index (χ1v) is 12.8. The Balaban J connectivity index is 1.53. The first kappa shape index (κ1) is 24.4. The topological polar surface area (TPSA) is 105 Å². The number of hydrogen-bond donors (Lipinski definition) is 2. The van der Waals surface area contributed by atoms with Crippen LogP contribution < -0.4 is 10.6 Å². The predicted octanol–water partition coefficient (Wildman–Crippen LogP) is 6.04. The molecule has 6 rings (SSSR count). The van der Waals surface area contributed by atoms with E-state index in [1.807, 2.05) is 67.3 Å². The van der Waals surface area contributed by atoms with Crippen LogP contribution in [-0.4, -0.2) is 29.4 Å². The van der Waals surface area contributed by atoms with Gasteiger partial charge in [0, 0.05) is 27.5 Å². The molecule has 2 heterocycles. The van der Waals surface area contributed by atoms with Gasteiger partial charge in [-0.15, -0.1) is 0 Å². The molecule has 2 amide bonds. The minimum atomic E-state index is -0.551. The van der Waals surface area contributed by atoms with Crippen LogP contribution in [0.15, 0.2) is 66.7 Å². The van der Waals surface area contributed by atoms with E-state index >= 15 is 0 Å². The first-order valence-electron chi connectivity index (χ1n) is 12.8. The average Bonchev–Trinajstić information content (AvgIpc) is 3.46. The Morgan fingerprint density at radius 3 is 2.56 bits per heavy atom. The summed E-state index contributed by atoms with van der Waals surface area (Å²) in [5.74, 6) is -0.977. The fraction of sp³-hybridized carbons (Fsp3) is 0.156. The van der Waals surface area contributed by atoms with Crippen molar-refractivity contribution in [1.29, 1.82) is 0 Å². The van der Waals surface area contributed by atoms with E-state index in [4.69, 9.17) is 10.5 Å². The van der Waals surface area contributed by atoms with Crippen LogP contribution in [0.2, 0.25) is 0 Å². The predicted molar refractivity (Wildman–Crippen MR) is 152 cm³/mol. The number of aromatic amines is 1. The number of hydrogen-bond acceptors (Lipinski definition) is 4. The third-order valence-corrected chi connectivity index (χ3v) is 7.49. The van der Waals surface area contributed by atoms with E-state index < -0.39 is 11.9 Å². The lowest BCUT2D eigenvalue weighted by Gasteiger charge is -2.21. The molecule has 0 aliphatic carbocycles. The largest absolute Gasteiger partial charge is 0.462 e. The number of ether oxygens (including phenoxy) is 1. The number of H-pyrrole nitrogens is 1. The van der Waals surface area contributed by atoms with Gasteiger partial charge in [0.05, 0.1) is 29.8 Å². The second-order valence-electron chi connectivity index (χ2n) is 9.88. The van der Waals surface area contributed by atoms with E-state index in [0.29, 0.717) is 28.7 Å². The molecule has 0 fully saturated rings. The molecule has 0 atom stereocenters. The average molecular weight is 518 g/mol. The van der Waals surface area contributed by atoms with Gasteiger partial charge in [-0.05, 0) is 73.4 Å². The molecule has 0 spiro atoms. The molecule has 5 aromatic rings. The molecular weight excluding hydrogens is 490 g/mol. The summed E-state index contributed by atoms with van der Waals surface area (Å²) in [6.07, 6.45) is 0. The number of anilines is 1. The number of nitrogens with one attached hydrogen (secondary N) is 1. The number of nitrogens with zero attached hydrogens (tertiary/aromatic N) is 1. The van der Waals surface area contributed by atoms with Crippen LogP contribution in [0.1, 0.15) is 54.7 Å². The molecule has 0 saturated heterocycles. The number of esters is 1. The van der Waals surface area contributed by atoms with Crippen molar-refractivity contribution in [3.05, 3.63) is 100 Å². The van der Waals surface area contributed by atoms with Gasteiger partial charge in [-0.3, -0.25) is 9.59 Å². The molecule has 1 aliphatic heterocycles. The highest BCUT2D eigenvalue weighted by Gasteiger charge is 2.30. The van der Waals surface area contributed by atoms with Crippen LogP contribution in [0, 0.1) is 13.8 Å². The SMILES string of the molecule is CCOC(=O)c1ccc2c(c1)[nH]c1c(C(N)=O)ccc(-c3cccc(N4Cc5ccc(C)cc5C4=O)c3C)c12. The van der Waals surface area contributed by atoms with Crippen LogP contribution in [-0.2, 0) is 11.3 Å². The second-order valence-corrected chi connectivity index (χ2v) is 9.88. The zero-order valence-corrected chi connectivity index (χ0v) is 21.9. The molecule has 7 heteroatoms. The zero-order chi connectivity index (χ0) is 27.4. The molecule has 0 bridgehead atoms. The number of amides is 2. The maximum Gasteiger partial charge on any atom is 0.338 e. The fourth-order valence-corrected chi connectivity index (χ4v) is 5.60. The number of carbonyl (C=O) groups is 3. The Hall–Kier alpha value is -4.91. The van der Waals surface area contributed by atoms with Crippen molar-refractivity contribution >= 4 is 45.3 Å². The highest BCUT2D eigenvalue weighted by Crippen LogP contribution is 2.41. The van der Waals surface area contributed by atoms with Crippen LogP contribution >= 0.6 is 0 Å². The van der Waals surface area contributed by atoms with E-state index in [0.717, 1.165) is 49.8 Å². The molecule has 0 saturated carbocycles. The lowest BCUT2D eigenvalue weighted by molar-refractivity contribution is 0.0526. The van der Waals surface area contributed by atoms with E-state index in [1.54, 1.807) is 25.1 Å². The Kier molecular flexibility index (Phi) is 5.72. The number of nitrogens with two attached hydrogens (primary N) is 1. The van der Waals surface area contributed by atoms with Gasteiger partial charge in [-0.25, -0.2) is 4.79 Å². The maximum atomic E-state index is 13.4. The van der Waals surface area contributed by atoms with Gasteiger partial charge in [0.2, 0.25) is 0 Å². The number of aromatic nitrogens is 1. The Labute approximate surface area is 225 Å². The highest BCUT2D eigenvalue weighted by molar-refractivity contribution is 6.21. The van der Waals surface area contributed by atoms with Gasteiger partial charge >= 0.3 is 5.97 Å². The summed E-state index contributed by atoms with van der Waals surface area (Å²) in [6.45, 7) is 6.54. The summed E-state index contributed by atoms with van der Waals surface area (Å²) >= 11 is 0. The van der Waals surface area contributed by atoms with Gasteiger partial charge in [-0.1, -0.05) is 42.0 Å².